The molecule has 0 amide bonds. The zero-order valence-corrected chi connectivity index (χ0v) is 13.0. The van der Waals surface area contributed by atoms with Crippen LogP contribution in [0.15, 0.2) is 27.6 Å². The van der Waals surface area contributed by atoms with E-state index in [1.54, 1.807) is 0 Å². The van der Waals surface area contributed by atoms with Crippen LogP contribution in [0.4, 0.5) is 4.39 Å². The second kappa shape index (κ2) is 7.33. The number of nitrogens with zero attached hydrogens (tertiary/aromatic N) is 1. The summed E-state index contributed by atoms with van der Waals surface area (Å²) in [4.78, 5) is -0.0575. The highest BCUT2D eigenvalue weighted by Gasteiger charge is 2.21. The van der Waals surface area contributed by atoms with Crippen LogP contribution in [0, 0.1) is 5.82 Å². The van der Waals surface area contributed by atoms with Crippen molar-refractivity contribution in [3.63, 3.8) is 0 Å². The molecule has 0 saturated heterocycles. The molecule has 0 bridgehead atoms. The number of aliphatic hydroxyl groups is 1. The summed E-state index contributed by atoms with van der Waals surface area (Å²) in [6, 6.07) is 3.75. The van der Waals surface area contributed by atoms with Crippen molar-refractivity contribution in [2.24, 2.45) is 0 Å². The van der Waals surface area contributed by atoms with Gasteiger partial charge >= 0.3 is 0 Å². The lowest BCUT2D eigenvalue weighted by Gasteiger charge is -2.17. The molecule has 1 aromatic rings. The van der Waals surface area contributed by atoms with Crippen LogP contribution in [0.3, 0.4) is 0 Å². The minimum absolute atomic E-state index is 0.0575. The van der Waals surface area contributed by atoms with Crippen LogP contribution in [-0.4, -0.2) is 38.0 Å². The van der Waals surface area contributed by atoms with E-state index in [0.29, 0.717) is 19.4 Å². The van der Waals surface area contributed by atoms with Crippen molar-refractivity contribution < 1.29 is 17.9 Å². The zero-order valence-electron chi connectivity index (χ0n) is 10.6. The number of hydrogen-bond donors (Lipinski definition) is 1. The lowest BCUT2D eigenvalue weighted by atomic mass is 10.2. The lowest BCUT2D eigenvalue weighted by Crippen LogP contribution is -2.28. The van der Waals surface area contributed by atoms with Crippen LogP contribution in [0.1, 0.15) is 19.3 Å². The highest BCUT2D eigenvalue weighted by atomic mass is 79.9. The normalized spacial score (nSPS) is 12.1. The minimum Gasteiger partial charge on any atom is -0.396 e. The molecule has 0 aliphatic heterocycles. The smallest absolute Gasteiger partial charge is 0.242 e. The maximum absolute atomic E-state index is 13.4. The molecule has 1 N–H and O–H groups in total. The predicted octanol–water partition coefficient (Wildman–Crippen LogP) is 2.37. The zero-order chi connectivity index (χ0) is 14.5. The summed E-state index contributed by atoms with van der Waals surface area (Å²) >= 11 is 2.99. The molecule has 0 radical (unpaired) electrons. The Balaban J connectivity index is 2.76. The fraction of sp³-hybridized carbons (Fsp3) is 0.500. The Morgan fingerprint density at radius 3 is 2.58 bits per heavy atom. The van der Waals surface area contributed by atoms with E-state index < -0.39 is 15.8 Å². The molecule has 0 spiro atoms. The van der Waals surface area contributed by atoms with Crippen LogP contribution < -0.4 is 0 Å². The van der Waals surface area contributed by atoms with E-state index in [1.165, 1.54) is 23.5 Å². The second-order valence-corrected chi connectivity index (χ2v) is 7.09. The third-order valence-electron chi connectivity index (χ3n) is 2.73. The highest BCUT2D eigenvalue weighted by Crippen LogP contribution is 2.21. The molecular formula is C12H17BrFNO3S. The van der Waals surface area contributed by atoms with Crippen molar-refractivity contribution in [3.05, 3.63) is 28.5 Å². The Morgan fingerprint density at radius 1 is 1.32 bits per heavy atom. The van der Waals surface area contributed by atoms with Gasteiger partial charge in [0, 0.05) is 20.2 Å². The van der Waals surface area contributed by atoms with Crippen molar-refractivity contribution in [1.29, 1.82) is 0 Å². The van der Waals surface area contributed by atoms with Gasteiger partial charge in [-0.25, -0.2) is 17.1 Å². The van der Waals surface area contributed by atoms with E-state index in [0.717, 1.165) is 12.5 Å². The first-order chi connectivity index (χ1) is 8.89. The molecule has 0 unspecified atom stereocenters. The standard InChI is InChI=1S/C12H17BrFNO3S/c1-15(7-3-2-4-8-16)19(17,18)10-5-6-11(13)12(14)9-10/h5-6,9,16H,2-4,7-8H2,1H3. The Bertz CT molecular complexity index is 522. The number of benzene rings is 1. The van der Waals surface area contributed by atoms with E-state index in [9.17, 15) is 12.8 Å². The van der Waals surface area contributed by atoms with Crippen molar-refractivity contribution in [3.8, 4) is 0 Å². The third-order valence-corrected chi connectivity index (χ3v) is 5.23. The number of halogens is 2. The molecule has 0 aliphatic rings. The van der Waals surface area contributed by atoms with Gasteiger partial charge in [-0.2, -0.15) is 0 Å². The number of sulfonamides is 1. The molecule has 0 saturated carbocycles. The molecule has 0 aromatic heterocycles. The summed E-state index contributed by atoms with van der Waals surface area (Å²) in [6.07, 6.45) is 2.07. The van der Waals surface area contributed by atoms with Gasteiger partial charge in [-0.1, -0.05) is 0 Å². The molecular weight excluding hydrogens is 337 g/mol. The van der Waals surface area contributed by atoms with Crippen LogP contribution in [0.25, 0.3) is 0 Å². The van der Waals surface area contributed by atoms with Crippen LogP contribution in [0.2, 0.25) is 0 Å². The van der Waals surface area contributed by atoms with E-state index in [-0.39, 0.29) is 16.0 Å². The summed E-state index contributed by atoms with van der Waals surface area (Å²) in [5.41, 5.74) is 0. The largest absolute Gasteiger partial charge is 0.396 e. The van der Waals surface area contributed by atoms with Gasteiger partial charge in [0.1, 0.15) is 5.82 Å². The first kappa shape index (κ1) is 16.6. The maximum Gasteiger partial charge on any atom is 0.242 e. The van der Waals surface area contributed by atoms with Gasteiger partial charge in [0.05, 0.1) is 9.37 Å². The Labute approximate surface area is 121 Å². The molecule has 0 atom stereocenters. The summed E-state index contributed by atoms with van der Waals surface area (Å²) in [6.45, 7) is 0.453. The summed E-state index contributed by atoms with van der Waals surface area (Å²) in [7, 11) is -2.19. The number of hydrogen-bond acceptors (Lipinski definition) is 3. The van der Waals surface area contributed by atoms with Crippen LogP contribution in [-0.2, 0) is 10.0 Å². The summed E-state index contributed by atoms with van der Waals surface area (Å²) in [5.74, 6) is -0.602. The Hall–Kier alpha value is -0.500. The topological polar surface area (TPSA) is 57.6 Å². The average molecular weight is 354 g/mol. The van der Waals surface area contributed by atoms with E-state index in [2.05, 4.69) is 15.9 Å². The molecule has 0 aliphatic carbocycles. The predicted molar refractivity (Wildman–Crippen MR) is 74.9 cm³/mol. The van der Waals surface area contributed by atoms with Crippen LogP contribution >= 0.6 is 15.9 Å². The Kier molecular flexibility index (Phi) is 6.38. The Morgan fingerprint density at radius 2 is 2.00 bits per heavy atom. The SMILES string of the molecule is CN(CCCCCO)S(=O)(=O)c1ccc(Br)c(F)c1. The van der Waals surface area contributed by atoms with Gasteiger partial charge < -0.3 is 5.11 Å². The first-order valence-corrected chi connectivity index (χ1v) is 8.15. The van der Waals surface area contributed by atoms with Crippen LogP contribution in [0.5, 0.6) is 0 Å². The van der Waals surface area contributed by atoms with E-state index >= 15 is 0 Å². The molecule has 7 heteroatoms. The van der Waals surface area contributed by atoms with Gasteiger partial charge in [0.25, 0.3) is 0 Å². The minimum atomic E-state index is -3.66. The maximum atomic E-state index is 13.4. The fourth-order valence-electron chi connectivity index (χ4n) is 1.56. The molecule has 19 heavy (non-hydrogen) atoms. The number of aliphatic hydroxyl groups excluding tert-OH is 1. The quantitative estimate of drug-likeness (QED) is 0.765. The molecule has 0 fully saturated rings. The van der Waals surface area contributed by atoms with Crippen molar-refractivity contribution in [2.75, 3.05) is 20.2 Å². The first-order valence-electron chi connectivity index (χ1n) is 5.92. The van der Waals surface area contributed by atoms with E-state index in [1.807, 2.05) is 0 Å². The summed E-state index contributed by atoms with van der Waals surface area (Å²) in [5, 5.41) is 8.65. The van der Waals surface area contributed by atoms with Gasteiger partial charge in [-0.3, -0.25) is 0 Å². The van der Waals surface area contributed by atoms with Crippen molar-refractivity contribution >= 4 is 26.0 Å². The number of unbranched alkanes of at least 4 members (excludes halogenated alkanes) is 2. The number of rotatable bonds is 7. The van der Waals surface area contributed by atoms with E-state index in [4.69, 9.17) is 5.11 Å². The molecule has 1 rings (SSSR count). The molecule has 4 nitrogen and oxygen atoms in total. The van der Waals surface area contributed by atoms with Crippen molar-refractivity contribution in [2.45, 2.75) is 24.2 Å². The van der Waals surface area contributed by atoms with Gasteiger partial charge in [-0.05, 0) is 53.4 Å². The van der Waals surface area contributed by atoms with Gasteiger partial charge in [0.2, 0.25) is 10.0 Å². The monoisotopic (exact) mass is 353 g/mol. The third kappa shape index (κ3) is 4.52. The molecule has 1 aromatic carbocycles. The van der Waals surface area contributed by atoms with Gasteiger partial charge in [-0.15, -0.1) is 0 Å². The molecule has 108 valence electrons. The average Bonchev–Trinajstić information content (AvgIpc) is 2.37. The second-order valence-electron chi connectivity index (χ2n) is 4.19. The lowest BCUT2D eigenvalue weighted by molar-refractivity contribution is 0.281. The highest BCUT2D eigenvalue weighted by molar-refractivity contribution is 9.10. The summed E-state index contributed by atoms with van der Waals surface area (Å²) < 4.78 is 39.1. The van der Waals surface area contributed by atoms with Gasteiger partial charge in [0.15, 0.2) is 0 Å². The van der Waals surface area contributed by atoms with Crippen molar-refractivity contribution in [1.82, 2.24) is 4.31 Å². The molecule has 0 heterocycles. The fourth-order valence-corrected chi connectivity index (χ4v) is 3.03.